The van der Waals surface area contributed by atoms with Crippen molar-refractivity contribution in [3.8, 4) is 0 Å². The summed E-state index contributed by atoms with van der Waals surface area (Å²) in [7, 11) is 0. The topological polar surface area (TPSA) is 59.3 Å². The first-order valence-electron chi connectivity index (χ1n) is 5.66. The minimum absolute atomic E-state index is 0.0845. The van der Waals surface area contributed by atoms with E-state index in [-0.39, 0.29) is 6.61 Å². The zero-order valence-electron chi connectivity index (χ0n) is 10.0. The first-order valence-corrected chi connectivity index (χ1v) is 5.66. The van der Waals surface area contributed by atoms with E-state index in [0.29, 0.717) is 19.3 Å². The Labute approximate surface area is 96.4 Å². The lowest BCUT2D eigenvalue weighted by atomic mass is 10.3. The van der Waals surface area contributed by atoms with E-state index >= 15 is 0 Å². The molecule has 0 saturated heterocycles. The molecule has 0 radical (unpaired) electrons. The molecule has 0 aliphatic rings. The van der Waals surface area contributed by atoms with Crippen LogP contribution in [-0.4, -0.2) is 41.3 Å². The molecule has 1 aromatic heterocycles. The predicted molar refractivity (Wildman–Crippen MR) is 62.2 cm³/mol. The van der Waals surface area contributed by atoms with E-state index in [1.165, 1.54) is 5.56 Å². The van der Waals surface area contributed by atoms with Crippen molar-refractivity contribution in [2.75, 3.05) is 26.4 Å². The van der Waals surface area contributed by atoms with Gasteiger partial charge < -0.3 is 15.2 Å². The molecule has 1 rings (SSSR count). The number of hydrogen-bond donors (Lipinski definition) is 2. The number of aliphatic hydroxyl groups is 1. The van der Waals surface area contributed by atoms with Crippen LogP contribution < -0.4 is 5.32 Å². The largest absolute Gasteiger partial charge is 0.394 e. The van der Waals surface area contributed by atoms with Crippen molar-refractivity contribution in [2.24, 2.45) is 0 Å². The summed E-state index contributed by atoms with van der Waals surface area (Å²) < 4.78 is 7.07. The van der Waals surface area contributed by atoms with Crippen LogP contribution in [0.3, 0.4) is 0 Å². The van der Waals surface area contributed by atoms with Gasteiger partial charge >= 0.3 is 0 Å². The van der Waals surface area contributed by atoms with Crippen molar-refractivity contribution in [3.63, 3.8) is 0 Å². The standard InChI is InChI=1S/C11H21N3O2/c1-10(2)14-9-11(8-13-14)7-12-3-5-16-6-4-15/h8-10,12,15H,3-7H2,1-2H3. The molecule has 16 heavy (non-hydrogen) atoms. The first kappa shape index (κ1) is 13.2. The van der Waals surface area contributed by atoms with Gasteiger partial charge in [-0.1, -0.05) is 0 Å². The Bertz CT molecular complexity index is 287. The second-order valence-corrected chi connectivity index (χ2v) is 3.94. The van der Waals surface area contributed by atoms with E-state index in [4.69, 9.17) is 9.84 Å². The van der Waals surface area contributed by atoms with Crippen LogP contribution in [0.4, 0.5) is 0 Å². The zero-order valence-corrected chi connectivity index (χ0v) is 10.0. The maximum absolute atomic E-state index is 8.50. The quantitative estimate of drug-likeness (QED) is 0.637. The fourth-order valence-electron chi connectivity index (χ4n) is 1.29. The van der Waals surface area contributed by atoms with Gasteiger partial charge in [-0.15, -0.1) is 0 Å². The van der Waals surface area contributed by atoms with Crippen molar-refractivity contribution in [1.29, 1.82) is 0 Å². The maximum atomic E-state index is 8.50. The highest BCUT2D eigenvalue weighted by Crippen LogP contribution is 2.04. The Hall–Kier alpha value is -0.910. The van der Waals surface area contributed by atoms with Gasteiger partial charge in [0.15, 0.2) is 0 Å². The third-order valence-corrected chi connectivity index (χ3v) is 2.17. The van der Waals surface area contributed by atoms with Gasteiger partial charge in [0.2, 0.25) is 0 Å². The molecule has 0 aromatic carbocycles. The van der Waals surface area contributed by atoms with Crippen molar-refractivity contribution >= 4 is 0 Å². The fraction of sp³-hybridized carbons (Fsp3) is 0.727. The first-order chi connectivity index (χ1) is 7.74. The molecule has 5 heteroatoms. The van der Waals surface area contributed by atoms with Gasteiger partial charge in [0.05, 0.1) is 26.0 Å². The normalized spacial score (nSPS) is 11.2. The average Bonchev–Trinajstić information content (AvgIpc) is 2.72. The van der Waals surface area contributed by atoms with Gasteiger partial charge in [0.25, 0.3) is 0 Å². The SMILES string of the molecule is CC(C)n1cc(CNCCOCCO)cn1. The van der Waals surface area contributed by atoms with Crippen molar-refractivity contribution < 1.29 is 9.84 Å². The molecule has 2 N–H and O–H groups in total. The summed E-state index contributed by atoms with van der Waals surface area (Å²) in [5.74, 6) is 0. The van der Waals surface area contributed by atoms with Crippen LogP contribution in [0.5, 0.6) is 0 Å². The molecule has 0 spiro atoms. The Morgan fingerprint density at radius 1 is 1.50 bits per heavy atom. The van der Waals surface area contributed by atoms with E-state index < -0.39 is 0 Å². The van der Waals surface area contributed by atoms with E-state index in [0.717, 1.165) is 13.1 Å². The minimum atomic E-state index is 0.0845. The molecule has 0 unspecified atom stereocenters. The molecule has 0 saturated carbocycles. The molecular weight excluding hydrogens is 206 g/mol. The molecular formula is C11H21N3O2. The van der Waals surface area contributed by atoms with Gasteiger partial charge in [-0.3, -0.25) is 4.68 Å². The number of rotatable bonds is 8. The molecule has 5 nitrogen and oxygen atoms in total. The average molecular weight is 227 g/mol. The summed E-state index contributed by atoms with van der Waals surface area (Å²) in [6, 6.07) is 0.404. The van der Waals surface area contributed by atoms with Crippen LogP contribution in [0, 0.1) is 0 Å². The van der Waals surface area contributed by atoms with E-state index in [1.807, 2.05) is 17.1 Å². The van der Waals surface area contributed by atoms with Crippen LogP contribution in [0.1, 0.15) is 25.5 Å². The number of aliphatic hydroxyl groups excluding tert-OH is 1. The predicted octanol–water partition coefficient (Wildman–Crippen LogP) is 0.562. The summed E-state index contributed by atoms with van der Waals surface area (Å²) in [6.45, 7) is 6.91. The van der Waals surface area contributed by atoms with Crippen molar-refractivity contribution in [2.45, 2.75) is 26.4 Å². The summed E-state index contributed by atoms with van der Waals surface area (Å²) in [6.07, 6.45) is 3.92. The van der Waals surface area contributed by atoms with Gasteiger partial charge in [0, 0.05) is 30.9 Å². The van der Waals surface area contributed by atoms with E-state index in [2.05, 4.69) is 24.3 Å². The maximum Gasteiger partial charge on any atom is 0.0698 e. The van der Waals surface area contributed by atoms with Gasteiger partial charge in [0.1, 0.15) is 0 Å². The van der Waals surface area contributed by atoms with Gasteiger partial charge in [-0.25, -0.2) is 0 Å². The number of ether oxygens (including phenoxy) is 1. The minimum Gasteiger partial charge on any atom is -0.394 e. The van der Waals surface area contributed by atoms with Crippen LogP contribution in [0.25, 0.3) is 0 Å². The lowest BCUT2D eigenvalue weighted by Crippen LogP contribution is -2.19. The molecule has 0 aliphatic carbocycles. The van der Waals surface area contributed by atoms with Crippen LogP contribution in [0.15, 0.2) is 12.4 Å². The number of nitrogens with zero attached hydrogens (tertiary/aromatic N) is 2. The summed E-state index contributed by atoms with van der Waals surface area (Å²) in [5, 5.41) is 16.0. The second kappa shape index (κ2) is 7.38. The highest BCUT2D eigenvalue weighted by Gasteiger charge is 2.00. The van der Waals surface area contributed by atoms with Crippen molar-refractivity contribution in [1.82, 2.24) is 15.1 Å². The van der Waals surface area contributed by atoms with Gasteiger partial charge in [-0.05, 0) is 13.8 Å². The van der Waals surface area contributed by atoms with E-state index in [9.17, 15) is 0 Å². The summed E-state index contributed by atoms with van der Waals surface area (Å²) >= 11 is 0. The molecule has 1 heterocycles. The fourth-order valence-corrected chi connectivity index (χ4v) is 1.29. The molecule has 92 valence electrons. The summed E-state index contributed by atoms with van der Waals surface area (Å²) in [4.78, 5) is 0. The van der Waals surface area contributed by atoms with E-state index in [1.54, 1.807) is 0 Å². The smallest absolute Gasteiger partial charge is 0.0698 e. The molecule has 0 amide bonds. The van der Waals surface area contributed by atoms with Gasteiger partial charge in [-0.2, -0.15) is 5.10 Å². The number of aromatic nitrogens is 2. The second-order valence-electron chi connectivity index (χ2n) is 3.94. The molecule has 0 atom stereocenters. The van der Waals surface area contributed by atoms with Crippen LogP contribution in [0.2, 0.25) is 0 Å². The summed E-state index contributed by atoms with van der Waals surface area (Å²) in [5.41, 5.74) is 1.18. The Morgan fingerprint density at radius 2 is 2.31 bits per heavy atom. The lowest BCUT2D eigenvalue weighted by molar-refractivity contribution is 0.0938. The molecule has 1 aromatic rings. The highest BCUT2D eigenvalue weighted by molar-refractivity contribution is 5.03. The number of hydrogen-bond acceptors (Lipinski definition) is 4. The monoisotopic (exact) mass is 227 g/mol. The van der Waals surface area contributed by atoms with Crippen LogP contribution >= 0.6 is 0 Å². The Balaban J connectivity index is 2.12. The highest BCUT2D eigenvalue weighted by atomic mass is 16.5. The molecule has 0 fully saturated rings. The Morgan fingerprint density at radius 3 is 2.94 bits per heavy atom. The molecule has 0 aliphatic heterocycles. The Kier molecular flexibility index (Phi) is 6.07. The number of nitrogens with one attached hydrogen (secondary N) is 1. The third kappa shape index (κ3) is 4.74. The third-order valence-electron chi connectivity index (χ3n) is 2.17. The van der Waals surface area contributed by atoms with Crippen LogP contribution in [-0.2, 0) is 11.3 Å². The molecule has 0 bridgehead atoms. The van der Waals surface area contributed by atoms with Crippen molar-refractivity contribution in [3.05, 3.63) is 18.0 Å². The zero-order chi connectivity index (χ0) is 11.8. The lowest BCUT2D eigenvalue weighted by Gasteiger charge is -2.04.